The zero-order valence-corrected chi connectivity index (χ0v) is 17.6. The van der Waals surface area contributed by atoms with Crippen LogP contribution in [0.15, 0.2) is 42.5 Å². The minimum Gasteiger partial charge on any atom is -0.462 e. The predicted octanol–water partition coefficient (Wildman–Crippen LogP) is 5.24. The Morgan fingerprint density at radius 1 is 1.11 bits per heavy atom. The number of benzene rings is 2. The van der Waals surface area contributed by atoms with E-state index in [1.807, 2.05) is 19.1 Å². The van der Waals surface area contributed by atoms with Gasteiger partial charge in [-0.25, -0.2) is 4.79 Å². The normalized spacial score (nSPS) is 15.1. The van der Waals surface area contributed by atoms with Gasteiger partial charge in [0.2, 0.25) is 0 Å². The highest BCUT2D eigenvalue weighted by molar-refractivity contribution is 7.80. The van der Waals surface area contributed by atoms with Gasteiger partial charge < -0.3 is 15.4 Å². The lowest BCUT2D eigenvalue weighted by atomic mass is 9.85. The number of hydrogen-bond donors (Lipinski definition) is 2. The van der Waals surface area contributed by atoms with Gasteiger partial charge in [-0.3, -0.25) is 0 Å². The Hall–Kier alpha value is -2.40. The third kappa shape index (κ3) is 4.36. The summed E-state index contributed by atoms with van der Waals surface area (Å²) in [5.74, 6) is -0.303. The summed E-state index contributed by atoms with van der Waals surface area (Å²) in [5, 5.41) is 7.54. The SMILES string of the molecule is CCOC(=O)c1ccc(NC(=S)NC2(c3ccccc3C)CCCC2)c(C)c1. The molecular weight excluding hydrogens is 368 g/mol. The molecule has 0 aromatic heterocycles. The summed E-state index contributed by atoms with van der Waals surface area (Å²) in [7, 11) is 0. The van der Waals surface area contributed by atoms with Gasteiger partial charge in [0.25, 0.3) is 0 Å². The van der Waals surface area contributed by atoms with Crippen molar-refractivity contribution in [2.75, 3.05) is 11.9 Å². The molecule has 0 spiro atoms. The lowest BCUT2D eigenvalue weighted by molar-refractivity contribution is 0.0526. The molecule has 0 amide bonds. The second kappa shape index (κ2) is 8.74. The molecule has 2 N–H and O–H groups in total. The molecule has 0 aliphatic heterocycles. The van der Waals surface area contributed by atoms with E-state index in [0.717, 1.165) is 24.1 Å². The first kappa shape index (κ1) is 20.3. The number of ether oxygens (including phenoxy) is 1. The zero-order chi connectivity index (χ0) is 20.1. The van der Waals surface area contributed by atoms with Crippen LogP contribution in [0.3, 0.4) is 0 Å². The molecule has 1 fully saturated rings. The fourth-order valence-corrected chi connectivity index (χ4v) is 4.37. The summed E-state index contributed by atoms with van der Waals surface area (Å²) in [6.07, 6.45) is 4.52. The molecule has 1 aliphatic rings. The van der Waals surface area contributed by atoms with Crippen LogP contribution in [0.2, 0.25) is 0 Å². The Kier molecular flexibility index (Phi) is 6.35. The van der Waals surface area contributed by atoms with Gasteiger partial charge in [-0.1, -0.05) is 37.1 Å². The van der Waals surface area contributed by atoms with Crippen molar-refractivity contribution in [3.8, 4) is 0 Å². The van der Waals surface area contributed by atoms with E-state index in [9.17, 15) is 4.79 Å². The number of nitrogens with one attached hydrogen (secondary N) is 2. The summed E-state index contributed by atoms with van der Waals surface area (Å²) in [5.41, 5.74) is 4.89. The molecule has 1 saturated carbocycles. The molecule has 0 bridgehead atoms. The average molecular weight is 397 g/mol. The highest BCUT2D eigenvalue weighted by Gasteiger charge is 2.37. The van der Waals surface area contributed by atoms with Crippen molar-refractivity contribution in [3.05, 3.63) is 64.7 Å². The highest BCUT2D eigenvalue weighted by Crippen LogP contribution is 2.40. The van der Waals surface area contributed by atoms with E-state index in [2.05, 4.69) is 41.8 Å². The molecule has 148 valence electrons. The minimum atomic E-state index is -0.303. The maximum absolute atomic E-state index is 11.9. The Morgan fingerprint density at radius 3 is 2.46 bits per heavy atom. The zero-order valence-electron chi connectivity index (χ0n) is 16.8. The molecule has 0 saturated heterocycles. The number of anilines is 1. The summed E-state index contributed by atoms with van der Waals surface area (Å²) < 4.78 is 5.07. The van der Waals surface area contributed by atoms with Crippen LogP contribution in [0.5, 0.6) is 0 Å². The maximum atomic E-state index is 11.9. The number of aryl methyl sites for hydroxylation is 2. The summed E-state index contributed by atoms with van der Waals surface area (Å²) in [6, 6.07) is 14.0. The first-order chi connectivity index (χ1) is 13.4. The van der Waals surface area contributed by atoms with Crippen LogP contribution >= 0.6 is 12.2 Å². The van der Waals surface area contributed by atoms with Crippen LogP contribution in [0.4, 0.5) is 5.69 Å². The first-order valence-corrected chi connectivity index (χ1v) is 10.3. The van der Waals surface area contributed by atoms with Crippen LogP contribution in [0.1, 0.15) is 59.7 Å². The van der Waals surface area contributed by atoms with E-state index in [1.54, 1.807) is 13.0 Å². The molecule has 0 atom stereocenters. The molecule has 0 radical (unpaired) electrons. The van der Waals surface area contributed by atoms with Gasteiger partial charge in [0.1, 0.15) is 0 Å². The number of hydrogen-bond acceptors (Lipinski definition) is 3. The molecule has 2 aromatic carbocycles. The summed E-state index contributed by atoms with van der Waals surface area (Å²) in [4.78, 5) is 11.9. The number of carbonyl (C=O) groups excluding carboxylic acids is 1. The van der Waals surface area contributed by atoms with E-state index in [0.29, 0.717) is 17.3 Å². The quantitative estimate of drug-likeness (QED) is 0.535. The minimum absolute atomic E-state index is 0.117. The largest absolute Gasteiger partial charge is 0.462 e. The summed E-state index contributed by atoms with van der Waals surface area (Å²) >= 11 is 5.66. The molecule has 3 rings (SSSR count). The fraction of sp³-hybridized carbons (Fsp3) is 0.391. The van der Waals surface area contributed by atoms with Crippen LogP contribution in [0.25, 0.3) is 0 Å². The van der Waals surface area contributed by atoms with Crippen molar-refractivity contribution in [1.29, 1.82) is 0 Å². The third-order valence-corrected chi connectivity index (χ3v) is 5.66. The lowest BCUT2D eigenvalue weighted by Crippen LogP contribution is -2.46. The van der Waals surface area contributed by atoms with Crippen molar-refractivity contribution in [2.45, 2.75) is 52.0 Å². The average Bonchev–Trinajstić information content (AvgIpc) is 3.13. The van der Waals surface area contributed by atoms with Gasteiger partial charge in [-0.2, -0.15) is 0 Å². The van der Waals surface area contributed by atoms with Gasteiger partial charge in [0, 0.05) is 5.69 Å². The second-order valence-corrected chi connectivity index (χ2v) is 7.84. The number of rotatable bonds is 5. The Bertz CT molecular complexity index is 873. The maximum Gasteiger partial charge on any atom is 0.338 e. The third-order valence-electron chi connectivity index (χ3n) is 5.46. The molecule has 1 aliphatic carbocycles. The highest BCUT2D eigenvalue weighted by atomic mass is 32.1. The monoisotopic (exact) mass is 396 g/mol. The van der Waals surface area contributed by atoms with Gasteiger partial charge in [-0.05, 0) is 80.7 Å². The van der Waals surface area contributed by atoms with Crippen LogP contribution in [-0.4, -0.2) is 17.7 Å². The summed E-state index contributed by atoms with van der Waals surface area (Å²) in [6.45, 7) is 6.29. The Morgan fingerprint density at radius 2 is 1.82 bits per heavy atom. The van der Waals surface area contributed by atoms with Crippen LogP contribution < -0.4 is 10.6 Å². The van der Waals surface area contributed by atoms with Gasteiger partial charge in [0.05, 0.1) is 17.7 Å². The van der Waals surface area contributed by atoms with E-state index in [-0.39, 0.29) is 11.5 Å². The van der Waals surface area contributed by atoms with E-state index >= 15 is 0 Å². The molecule has 2 aromatic rings. The predicted molar refractivity (Wildman–Crippen MR) is 118 cm³/mol. The molecule has 4 nitrogen and oxygen atoms in total. The standard InChI is InChI=1S/C23H28N2O2S/c1-4-27-21(26)18-11-12-20(17(3)15-18)24-22(28)25-23(13-7-8-14-23)19-10-6-5-9-16(19)2/h5-6,9-12,15H,4,7-8,13-14H2,1-3H3,(H2,24,25,28). The molecule has 0 unspecified atom stereocenters. The Labute approximate surface area is 172 Å². The second-order valence-electron chi connectivity index (χ2n) is 7.43. The van der Waals surface area contributed by atoms with Crippen molar-refractivity contribution >= 4 is 29.0 Å². The van der Waals surface area contributed by atoms with Crippen LogP contribution in [-0.2, 0) is 10.3 Å². The number of thiocarbonyl (C=S) groups is 1. The van der Waals surface area contributed by atoms with E-state index in [4.69, 9.17) is 17.0 Å². The number of esters is 1. The fourth-order valence-electron chi connectivity index (χ4n) is 4.07. The lowest BCUT2D eigenvalue weighted by Gasteiger charge is -2.34. The Balaban J connectivity index is 1.76. The van der Waals surface area contributed by atoms with Gasteiger partial charge in [-0.15, -0.1) is 0 Å². The first-order valence-electron chi connectivity index (χ1n) is 9.88. The van der Waals surface area contributed by atoms with E-state index in [1.165, 1.54) is 24.0 Å². The number of carbonyl (C=O) groups is 1. The van der Waals surface area contributed by atoms with Crippen molar-refractivity contribution in [3.63, 3.8) is 0 Å². The topological polar surface area (TPSA) is 50.4 Å². The molecule has 28 heavy (non-hydrogen) atoms. The van der Waals surface area contributed by atoms with Crippen molar-refractivity contribution in [2.24, 2.45) is 0 Å². The smallest absolute Gasteiger partial charge is 0.338 e. The molecule has 0 heterocycles. The van der Waals surface area contributed by atoms with Crippen molar-refractivity contribution < 1.29 is 9.53 Å². The van der Waals surface area contributed by atoms with Gasteiger partial charge in [0.15, 0.2) is 5.11 Å². The van der Waals surface area contributed by atoms with Crippen LogP contribution in [0, 0.1) is 13.8 Å². The van der Waals surface area contributed by atoms with E-state index < -0.39 is 0 Å². The van der Waals surface area contributed by atoms with Crippen molar-refractivity contribution in [1.82, 2.24) is 5.32 Å². The molecule has 5 heteroatoms. The molecular formula is C23H28N2O2S. The van der Waals surface area contributed by atoms with Gasteiger partial charge >= 0.3 is 5.97 Å².